The van der Waals surface area contributed by atoms with Gasteiger partial charge in [0.1, 0.15) is 11.6 Å². The maximum Gasteiger partial charge on any atom is 0.149 e. The third-order valence-corrected chi connectivity index (χ3v) is 11.2. The number of phenols is 1. The summed E-state index contributed by atoms with van der Waals surface area (Å²) in [5.41, 5.74) is 14.7. The number of hydrogen-bond acceptors (Lipinski definition) is 3. The van der Waals surface area contributed by atoms with Crippen LogP contribution >= 0.6 is 0 Å². The van der Waals surface area contributed by atoms with Crippen LogP contribution in [0.3, 0.4) is 0 Å². The quantitative estimate of drug-likeness (QED) is 0.184. The predicted molar refractivity (Wildman–Crippen MR) is 244 cm³/mol. The highest BCUT2D eigenvalue weighted by Crippen LogP contribution is 2.45. The fourth-order valence-electron chi connectivity index (χ4n) is 7.86. The summed E-state index contributed by atoms with van der Waals surface area (Å²) in [5.74, 6) is 0.960. The maximum atomic E-state index is 12.4. The van der Waals surface area contributed by atoms with E-state index in [0.29, 0.717) is 11.4 Å². The van der Waals surface area contributed by atoms with Crippen molar-refractivity contribution in [3.8, 4) is 67.5 Å². The van der Waals surface area contributed by atoms with Crippen LogP contribution in [0.2, 0.25) is 0 Å². The van der Waals surface area contributed by atoms with Crippen molar-refractivity contribution >= 4 is 11.0 Å². The van der Waals surface area contributed by atoms with Gasteiger partial charge in [0.25, 0.3) is 0 Å². The molecular weight excluding hydrogens is 707 g/mol. The topological polar surface area (TPSA) is 50.9 Å². The first-order valence-corrected chi connectivity index (χ1v) is 20.3. The molecule has 0 radical (unpaired) electrons. The Morgan fingerprint density at radius 1 is 0.466 bits per heavy atom. The van der Waals surface area contributed by atoms with Gasteiger partial charge in [-0.15, -0.1) is 0 Å². The number of pyridine rings is 1. The van der Waals surface area contributed by atoms with Gasteiger partial charge in [0, 0.05) is 28.5 Å². The van der Waals surface area contributed by atoms with E-state index in [9.17, 15) is 5.11 Å². The third kappa shape index (κ3) is 7.36. The fraction of sp³-hybridized carbons (Fsp3) is 0.222. The van der Waals surface area contributed by atoms with E-state index in [0.717, 1.165) is 72.5 Å². The molecule has 2 heterocycles. The van der Waals surface area contributed by atoms with E-state index < -0.39 is 0 Å². The second-order valence-electron chi connectivity index (χ2n) is 18.6. The largest absolute Gasteiger partial charge is 0.507 e. The number of hydrogen-bond donors (Lipinski definition) is 1. The number of imidazole rings is 1. The van der Waals surface area contributed by atoms with E-state index in [4.69, 9.17) is 9.97 Å². The summed E-state index contributed by atoms with van der Waals surface area (Å²) in [6, 6.07) is 51.4. The number of nitrogens with zero attached hydrogens (tertiary/aromatic N) is 3. The average molecular weight is 760 g/mol. The van der Waals surface area contributed by atoms with E-state index in [1.807, 2.05) is 18.3 Å². The molecule has 0 aliphatic carbocycles. The van der Waals surface area contributed by atoms with Crippen molar-refractivity contribution in [1.29, 1.82) is 0 Å². The molecule has 1 N–H and O–H groups in total. The molecule has 4 heteroatoms. The van der Waals surface area contributed by atoms with Crippen LogP contribution in [0.15, 0.2) is 152 Å². The Labute approximate surface area is 343 Å². The van der Waals surface area contributed by atoms with Crippen molar-refractivity contribution in [2.45, 2.75) is 78.6 Å². The summed E-state index contributed by atoms with van der Waals surface area (Å²) in [7, 11) is 0. The molecule has 0 bridgehead atoms. The molecular formula is C54H53N3O. The van der Waals surface area contributed by atoms with Gasteiger partial charge >= 0.3 is 0 Å². The van der Waals surface area contributed by atoms with Crippen molar-refractivity contribution < 1.29 is 5.11 Å². The van der Waals surface area contributed by atoms with Crippen molar-refractivity contribution in [1.82, 2.24) is 14.5 Å². The van der Waals surface area contributed by atoms with Crippen LogP contribution in [0.4, 0.5) is 0 Å². The molecule has 8 rings (SSSR count). The van der Waals surface area contributed by atoms with Crippen LogP contribution in [-0.2, 0) is 16.2 Å². The highest BCUT2D eigenvalue weighted by molar-refractivity contribution is 5.98. The molecule has 0 atom stereocenters. The lowest BCUT2D eigenvalue weighted by Gasteiger charge is -2.27. The van der Waals surface area contributed by atoms with E-state index in [1.54, 1.807) is 0 Å². The van der Waals surface area contributed by atoms with Gasteiger partial charge in [-0.05, 0) is 92.1 Å². The summed E-state index contributed by atoms with van der Waals surface area (Å²) in [6.07, 6.45) is 1.91. The van der Waals surface area contributed by atoms with Crippen LogP contribution in [0.25, 0.3) is 72.7 Å². The highest BCUT2D eigenvalue weighted by Gasteiger charge is 2.29. The Hall–Kier alpha value is -6.26. The molecule has 0 aliphatic rings. The molecule has 6 aromatic carbocycles. The van der Waals surface area contributed by atoms with Crippen molar-refractivity contribution in [3.63, 3.8) is 0 Å². The van der Waals surface area contributed by atoms with Gasteiger partial charge in [-0.1, -0.05) is 165 Å². The molecule has 0 spiro atoms. The molecule has 4 nitrogen and oxygen atoms in total. The fourth-order valence-corrected chi connectivity index (χ4v) is 7.86. The summed E-state index contributed by atoms with van der Waals surface area (Å²) in [6.45, 7) is 19.9. The number of phenolic OH excluding ortho intramolecular Hbond substituents is 1. The molecule has 290 valence electrons. The van der Waals surface area contributed by atoms with Crippen molar-refractivity contribution in [3.05, 3.63) is 168 Å². The standard InChI is InChI=1S/C54H53N3O/c1-52(2,3)40-30-38(29-39(31-40)46-32-37(27-28-55-46)35-19-12-10-13-20-35)43-24-18-26-48-49(43)56-51(44-33-41(53(4,5)6)34-45(50(44)58)54(7,8)9)57(48)47-25-17-16-23-42(47)36-21-14-11-15-22-36/h10-34,58H,1-9H3. The highest BCUT2D eigenvalue weighted by atomic mass is 16.3. The first-order chi connectivity index (χ1) is 27.6. The van der Waals surface area contributed by atoms with Crippen molar-refractivity contribution in [2.24, 2.45) is 0 Å². The molecule has 2 aromatic heterocycles. The lowest BCUT2D eigenvalue weighted by Crippen LogP contribution is -2.17. The van der Waals surface area contributed by atoms with E-state index in [1.165, 1.54) is 5.56 Å². The first-order valence-electron chi connectivity index (χ1n) is 20.3. The second kappa shape index (κ2) is 14.6. The molecule has 0 amide bonds. The summed E-state index contributed by atoms with van der Waals surface area (Å²) in [4.78, 5) is 10.5. The third-order valence-electron chi connectivity index (χ3n) is 11.2. The van der Waals surface area contributed by atoms with E-state index >= 15 is 0 Å². The number of para-hydroxylation sites is 2. The van der Waals surface area contributed by atoms with Gasteiger partial charge in [-0.3, -0.25) is 9.55 Å². The molecule has 0 saturated carbocycles. The zero-order valence-electron chi connectivity index (χ0n) is 35.2. The lowest BCUT2D eigenvalue weighted by molar-refractivity contribution is 0.446. The Balaban J connectivity index is 1.44. The Morgan fingerprint density at radius 2 is 1.07 bits per heavy atom. The van der Waals surface area contributed by atoms with Crippen LogP contribution in [0.1, 0.15) is 79.0 Å². The molecule has 0 aliphatic heterocycles. The summed E-state index contributed by atoms with van der Waals surface area (Å²) < 4.78 is 2.26. The second-order valence-corrected chi connectivity index (χ2v) is 18.6. The monoisotopic (exact) mass is 759 g/mol. The normalized spacial score (nSPS) is 12.3. The van der Waals surface area contributed by atoms with Crippen LogP contribution in [0.5, 0.6) is 5.75 Å². The molecule has 0 unspecified atom stereocenters. The first kappa shape index (κ1) is 38.6. The number of aromatic hydroxyl groups is 1. The van der Waals surface area contributed by atoms with Gasteiger partial charge in [0.2, 0.25) is 0 Å². The lowest BCUT2D eigenvalue weighted by atomic mass is 9.79. The van der Waals surface area contributed by atoms with Gasteiger partial charge in [0.05, 0.1) is 28.0 Å². The summed E-state index contributed by atoms with van der Waals surface area (Å²) in [5, 5.41) is 12.4. The Kier molecular flexibility index (Phi) is 9.72. The smallest absolute Gasteiger partial charge is 0.149 e. The summed E-state index contributed by atoms with van der Waals surface area (Å²) >= 11 is 0. The average Bonchev–Trinajstić information content (AvgIpc) is 3.60. The zero-order chi connectivity index (χ0) is 41.0. The minimum absolute atomic E-state index is 0.128. The van der Waals surface area contributed by atoms with E-state index in [2.05, 4.69) is 200 Å². The Morgan fingerprint density at radius 3 is 1.74 bits per heavy atom. The predicted octanol–water partition coefficient (Wildman–Crippen LogP) is 14.4. The molecule has 8 aromatic rings. The molecule has 0 fully saturated rings. The van der Waals surface area contributed by atoms with Crippen molar-refractivity contribution in [2.75, 3.05) is 0 Å². The SMILES string of the molecule is CC(C)(C)c1cc(-c2cc(-c3ccccc3)ccn2)cc(-c2cccc3c2nc(-c2cc(C(C)(C)C)cc(C(C)(C)C)c2O)n3-c2ccccc2-c2ccccc2)c1. The number of benzene rings is 6. The molecule has 58 heavy (non-hydrogen) atoms. The number of fused-ring (bicyclic) bond motifs is 1. The minimum Gasteiger partial charge on any atom is -0.507 e. The van der Waals surface area contributed by atoms with Crippen LogP contribution < -0.4 is 0 Å². The number of aromatic nitrogens is 3. The van der Waals surface area contributed by atoms with Gasteiger partial charge in [0.15, 0.2) is 0 Å². The van der Waals surface area contributed by atoms with E-state index in [-0.39, 0.29) is 22.0 Å². The van der Waals surface area contributed by atoms with Gasteiger partial charge in [-0.25, -0.2) is 4.98 Å². The maximum absolute atomic E-state index is 12.4. The number of rotatable bonds is 6. The van der Waals surface area contributed by atoms with Crippen LogP contribution in [0, 0.1) is 0 Å². The van der Waals surface area contributed by atoms with Crippen LogP contribution in [-0.4, -0.2) is 19.6 Å². The van der Waals surface area contributed by atoms with Gasteiger partial charge < -0.3 is 5.11 Å². The zero-order valence-corrected chi connectivity index (χ0v) is 35.2. The Bertz CT molecular complexity index is 2770. The van der Waals surface area contributed by atoms with Gasteiger partial charge in [-0.2, -0.15) is 0 Å². The minimum atomic E-state index is -0.306. The molecule has 0 saturated heterocycles.